The van der Waals surface area contributed by atoms with Crippen LogP contribution in [0.15, 0.2) is 48.5 Å². The predicted octanol–water partition coefficient (Wildman–Crippen LogP) is 12.0. The first-order valence-electron chi connectivity index (χ1n) is 22.3. The molecular formula is C44H74CaN4O6S2. The third-order valence-corrected chi connectivity index (χ3v) is 13.0. The monoisotopic (exact) mass is 858 g/mol. The average Bonchev–Trinajstić information content (AvgIpc) is 3.74. The maximum Gasteiger partial charge on any atom is 2.00 e. The molecule has 0 fully saturated rings. The van der Waals surface area contributed by atoms with Gasteiger partial charge < -0.3 is 19.7 Å². The Kier molecular flexibility index (Phi) is 27.2. The van der Waals surface area contributed by atoms with Crippen LogP contribution in [0.1, 0.15) is 194 Å². The number of unbranched alkanes of at least 4 members (excludes halogenated alkanes) is 24. The van der Waals surface area contributed by atoms with E-state index < -0.39 is 32.9 Å². The summed E-state index contributed by atoms with van der Waals surface area (Å²) in [4.78, 5) is 0. The Balaban J connectivity index is 0.000000387. The van der Waals surface area contributed by atoms with Crippen LogP contribution in [0.3, 0.4) is 0 Å². The van der Waals surface area contributed by atoms with E-state index in [4.69, 9.17) is 0 Å². The second-order valence-corrected chi connectivity index (χ2v) is 18.4. The molecule has 0 spiro atoms. The molecular weight excluding hydrogens is 785 g/mol. The van der Waals surface area contributed by atoms with Gasteiger partial charge in [0.25, 0.3) is 0 Å². The molecule has 2 aliphatic heterocycles. The number of para-hydroxylation sites is 4. The number of nitrogens with zero attached hydrogens (tertiary/aromatic N) is 2. The molecule has 0 aliphatic carbocycles. The van der Waals surface area contributed by atoms with Crippen molar-refractivity contribution in [2.24, 2.45) is 0 Å². The van der Waals surface area contributed by atoms with E-state index in [0.29, 0.717) is 24.2 Å². The zero-order valence-corrected chi connectivity index (χ0v) is 39.3. The van der Waals surface area contributed by atoms with Crippen LogP contribution in [-0.2, 0) is 20.6 Å². The number of rotatable bonds is 30. The molecule has 0 saturated carbocycles. The average molecular weight is 859 g/mol. The molecule has 10 nitrogen and oxygen atoms in total. The van der Waals surface area contributed by atoms with Crippen molar-refractivity contribution in [3.8, 4) is 0 Å². The molecule has 0 amide bonds. The maximum absolute atomic E-state index is 11.7. The maximum atomic E-state index is 11.7. The van der Waals surface area contributed by atoms with Crippen LogP contribution in [0.5, 0.6) is 0 Å². The molecule has 2 atom stereocenters. The number of hydrogen-bond acceptors (Lipinski definition) is 8. The number of anilines is 4. The zero-order valence-electron chi connectivity index (χ0n) is 35.4. The SMILES string of the molecule is CCCCCCCCCCCCCCCC1Nc2ccccc2N1S(=O)(=O)[O-].CCCCCCCCCCCCCCCC1Nc2ccccc2N1S(=O)(=O)[O-].[Ca+2]. The molecule has 2 aromatic rings. The van der Waals surface area contributed by atoms with Gasteiger partial charge in [-0.3, -0.25) is 8.61 Å². The van der Waals surface area contributed by atoms with Crippen molar-refractivity contribution in [1.82, 2.24) is 0 Å². The molecule has 0 aromatic heterocycles. The van der Waals surface area contributed by atoms with E-state index in [1.807, 2.05) is 24.3 Å². The molecule has 57 heavy (non-hydrogen) atoms. The first kappa shape index (κ1) is 51.9. The van der Waals surface area contributed by atoms with Gasteiger partial charge in [-0.15, -0.1) is 0 Å². The minimum Gasteiger partial charge on any atom is -0.731 e. The normalized spacial score (nSPS) is 15.9. The van der Waals surface area contributed by atoms with Gasteiger partial charge in [0.1, 0.15) is 12.3 Å². The van der Waals surface area contributed by atoms with Gasteiger partial charge in [-0.2, -0.15) is 0 Å². The summed E-state index contributed by atoms with van der Waals surface area (Å²) in [5, 5.41) is 6.36. The van der Waals surface area contributed by atoms with Gasteiger partial charge in [0.05, 0.1) is 22.7 Å². The van der Waals surface area contributed by atoms with E-state index in [9.17, 15) is 25.9 Å². The molecule has 4 rings (SSSR count). The Morgan fingerprint density at radius 1 is 0.439 bits per heavy atom. The summed E-state index contributed by atoms with van der Waals surface area (Å²) < 4.78 is 72.0. The van der Waals surface area contributed by atoms with Gasteiger partial charge in [-0.05, 0) is 49.9 Å². The largest absolute Gasteiger partial charge is 2.00 e. The minimum absolute atomic E-state index is 0. The van der Waals surface area contributed by atoms with E-state index in [1.165, 1.54) is 141 Å². The Hall–Kier alpha value is -1.28. The molecule has 320 valence electrons. The third kappa shape index (κ3) is 20.2. The summed E-state index contributed by atoms with van der Waals surface area (Å²) in [6, 6.07) is 14.2. The number of nitrogens with one attached hydrogen (secondary N) is 2. The van der Waals surface area contributed by atoms with Crippen LogP contribution in [0.25, 0.3) is 0 Å². The summed E-state index contributed by atoms with van der Waals surface area (Å²) in [5.41, 5.74) is 2.39. The van der Waals surface area contributed by atoms with Crippen LogP contribution in [-0.4, -0.2) is 76.0 Å². The molecule has 2 heterocycles. The molecule has 2 aromatic carbocycles. The van der Waals surface area contributed by atoms with Crippen LogP contribution >= 0.6 is 0 Å². The topological polar surface area (TPSA) is 145 Å². The summed E-state index contributed by atoms with van der Waals surface area (Å²) >= 11 is 0. The fourth-order valence-electron chi connectivity index (χ4n) is 8.03. The van der Waals surface area contributed by atoms with Gasteiger partial charge in [0.2, 0.25) is 0 Å². The molecule has 2 N–H and O–H groups in total. The molecule has 0 radical (unpaired) electrons. The molecule has 2 unspecified atom stereocenters. The van der Waals surface area contributed by atoms with Gasteiger partial charge in [0, 0.05) is 0 Å². The molecule has 13 heteroatoms. The fourth-order valence-corrected chi connectivity index (χ4v) is 9.77. The quantitative estimate of drug-likeness (QED) is 0.0449. The van der Waals surface area contributed by atoms with E-state index in [0.717, 1.165) is 45.7 Å². The Morgan fingerprint density at radius 2 is 0.684 bits per heavy atom. The second kappa shape index (κ2) is 29.9. The van der Waals surface area contributed by atoms with E-state index >= 15 is 0 Å². The van der Waals surface area contributed by atoms with Gasteiger partial charge in [0.15, 0.2) is 20.6 Å². The fraction of sp³-hybridized carbons (Fsp3) is 0.727. The van der Waals surface area contributed by atoms with Crippen molar-refractivity contribution >= 4 is 81.1 Å². The summed E-state index contributed by atoms with van der Waals surface area (Å²) in [7, 11) is -9.02. The number of benzene rings is 2. The van der Waals surface area contributed by atoms with Gasteiger partial charge in [-0.1, -0.05) is 192 Å². The molecule has 2 aliphatic rings. The molecule has 0 bridgehead atoms. The number of hydrogen-bond donors (Lipinski definition) is 2. The second-order valence-electron chi connectivity index (χ2n) is 15.9. The predicted molar refractivity (Wildman–Crippen MR) is 238 cm³/mol. The Bertz CT molecular complexity index is 1450. The van der Waals surface area contributed by atoms with Crippen molar-refractivity contribution in [3.05, 3.63) is 48.5 Å². The summed E-state index contributed by atoms with van der Waals surface area (Å²) in [5.74, 6) is 0. The Morgan fingerprint density at radius 3 is 0.947 bits per heavy atom. The molecule has 0 saturated heterocycles. The Labute approximate surface area is 377 Å². The number of fused-ring (bicyclic) bond motifs is 2. The van der Waals surface area contributed by atoms with Crippen LogP contribution in [0, 0.1) is 0 Å². The standard InChI is InChI=1S/2C22H38N2O3S.Ca/c2*1-2-3-4-5-6-7-8-9-10-11-12-13-14-19-22-23-20-17-15-16-18-21(20)24(22)28(25,26)27;/h2*15-18,22-23H,2-14,19H2,1H3,(H,25,26,27);/q;;+2/p-2. The van der Waals surface area contributed by atoms with E-state index in [2.05, 4.69) is 24.5 Å². The third-order valence-electron chi connectivity index (χ3n) is 11.1. The van der Waals surface area contributed by atoms with Gasteiger partial charge >= 0.3 is 37.7 Å². The van der Waals surface area contributed by atoms with Crippen molar-refractivity contribution in [1.29, 1.82) is 0 Å². The van der Waals surface area contributed by atoms with Crippen molar-refractivity contribution < 1.29 is 25.9 Å². The smallest absolute Gasteiger partial charge is 0.731 e. The van der Waals surface area contributed by atoms with Crippen molar-refractivity contribution in [2.75, 3.05) is 19.2 Å². The van der Waals surface area contributed by atoms with Crippen LogP contribution < -0.4 is 19.2 Å². The first-order valence-corrected chi connectivity index (χ1v) is 25.0. The van der Waals surface area contributed by atoms with Gasteiger partial charge in [-0.25, -0.2) is 16.8 Å². The van der Waals surface area contributed by atoms with E-state index in [-0.39, 0.29) is 37.7 Å². The van der Waals surface area contributed by atoms with Crippen molar-refractivity contribution in [3.63, 3.8) is 0 Å². The zero-order chi connectivity index (χ0) is 40.5. The summed E-state index contributed by atoms with van der Waals surface area (Å²) in [6.07, 6.45) is 33.7. The van der Waals surface area contributed by atoms with E-state index in [1.54, 1.807) is 24.3 Å². The van der Waals surface area contributed by atoms with Crippen molar-refractivity contribution in [2.45, 2.75) is 206 Å². The minimum atomic E-state index is -4.51. The van der Waals surface area contributed by atoms with Crippen LogP contribution in [0.4, 0.5) is 22.7 Å². The van der Waals surface area contributed by atoms with Crippen LogP contribution in [0.2, 0.25) is 0 Å². The first-order chi connectivity index (χ1) is 27.1. The summed E-state index contributed by atoms with van der Waals surface area (Å²) in [6.45, 7) is 4.51.